The van der Waals surface area contributed by atoms with Gasteiger partial charge >= 0.3 is 0 Å². The summed E-state index contributed by atoms with van der Waals surface area (Å²) in [7, 11) is 0. The van der Waals surface area contributed by atoms with Gasteiger partial charge in [0, 0.05) is 50.1 Å². The van der Waals surface area contributed by atoms with Crippen LogP contribution in [0.25, 0.3) is 21.8 Å². The average molecular weight is 507 g/mol. The first kappa shape index (κ1) is 22.8. The number of anilines is 2. The van der Waals surface area contributed by atoms with Crippen LogP contribution in [0, 0.1) is 5.82 Å². The topological polar surface area (TPSA) is 66.4 Å². The minimum Gasteiger partial charge on any atom is -0.378 e. The van der Waals surface area contributed by atoms with E-state index in [0.29, 0.717) is 35.9 Å². The van der Waals surface area contributed by atoms with Crippen molar-refractivity contribution in [3.63, 3.8) is 0 Å². The van der Waals surface area contributed by atoms with Crippen molar-refractivity contribution >= 4 is 45.9 Å². The molecule has 2 aliphatic rings. The first-order chi connectivity index (χ1) is 16.2. The Balaban J connectivity index is 1.50. The summed E-state index contributed by atoms with van der Waals surface area (Å²) in [6.07, 6.45) is 5.20. The van der Waals surface area contributed by atoms with E-state index in [-0.39, 0.29) is 11.1 Å². The van der Waals surface area contributed by atoms with E-state index in [0.717, 1.165) is 36.2 Å². The molecule has 0 amide bonds. The molecule has 33 heavy (non-hydrogen) atoms. The lowest BCUT2D eigenvalue weighted by molar-refractivity contribution is 0.122. The summed E-state index contributed by atoms with van der Waals surface area (Å²) in [5, 5.41) is 0.965. The number of piperidine rings is 1. The minimum absolute atomic E-state index is 0.147. The third-order valence-electron chi connectivity index (χ3n) is 5.61. The van der Waals surface area contributed by atoms with E-state index in [1.807, 2.05) is 6.07 Å². The van der Waals surface area contributed by atoms with Crippen LogP contribution in [0.4, 0.5) is 15.2 Å². The highest BCUT2D eigenvalue weighted by Crippen LogP contribution is 2.42. The molecular weight excluding hydrogens is 483 g/mol. The Bertz CT molecular complexity index is 1100. The Morgan fingerprint density at radius 2 is 1.88 bits per heavy atom. The lowest BCUT2D eigenvalue weighted by Gasteiger charge is -2.26. The summed E-state index contributed by atoms with van der Waals surface area (Å²) in [5.74, 6) is -0.331. The van der Waals surface area contributed by atoms with Crippen molar-refractivity contribution in [3.8, 4) is 21.8 Å². The maximum Gasteiger partial charge on any atom is 0.222 e. The van der Waals surface area contributed by atoms with Crippen molar-refractivity contribution in [2.24, 2.45) is 0 Å². The second kappa shape index (κ2) is 10.5. The molecule has 0 atom stereocenters. The summed E-state index contributed by atoms with van der Waals surface area (Å²) < 4.78 is 26.6. The van der Waals surface area contributed by atoms with Crippen LogP contribution < -0.4 is 9.62 Å². The van der Waals surface area contributed by atoms with Crippen LogP contribution in [0.15, 0.2) is 30.5 Å². The van der Waals surface area contributed by atoms with E-state index in [2.05, 4.69) is 23.9 Å². The van der Waals surface area contributed by atoms with Gasteiger partial charge in [0.05, 0.1) is 35.2 Å². The van der Waals surface area contributed by atoms with Crippen LogP contribution in [-0.4, -0.2) is 58.6 Å². The van der Waals surface area contributed by atoms with Crippen molar-refractivity contribution in [1.82, 2.24) is 19.3 Å². The third-order valence-corrected chi connectivity index (χ3v) is 7.87. The van der Waals surface area contributed by atoms with Crippen LogP contribution in [0.5, 0.6) is 0 Å². The summed E-state index contributed by atoms with van der Waals surface area (Å²) in [6.45, 7) is 4.79. The zero-order chi connectivity index (χ0) is 22.6. The number of rotatable bonds is 6. The summed E-state index contributed by atoms with van der Waals surface area (Å²) in [6, 6.07) is 7.14. The largest absolute Gasteiger partial charge is 0.378 e. The van der Waals surface area contributed by atoms with Gasteiger partial charge in [-0.2, -0.15) is 0 Å². The van der Waals surface area contributed by atoms with E-state index in [1.165, 1.54) is 42.7 Å². The van der Waals surface area contributed by atoms with Gasteiger partial charge in [0.25, 0.3) is 0 Å². The maximum atomic E-state index is 15.7. The predicted octanol–water partition coefficient (Wildman–Crippen LogP) is 5.36. The Hall–Kier alpha value is -1.98. The van der Waals surface area contributed by atoms with Crippen LogP contribution in [-0.2, 0) is 4.74 Å². The molecule has 0 aliphatic carbocycles. The molecule has 0 spiro atoms. The Labute approximate surface area is 205 Å². The zero-order valence-electron chi connectivity index (χ0n) is 18.0. The highest BCUT2D eigenvalue weighted by atomic mass is 35.5. The number of halogens is 2. The van der Waals surface area contributed by atoms with Gasteiger partial charge in [-0.05, 0) is 42.6 Å². The smallest absolute Gasteiger partial charge is 0.222 e. The molecule has 4 heterocycles. The fourth-order valence-corrected chi connectivity index (χ4v) is 5.95. The lowest BCUT2D eigenvalue weighted by Crippen LogP contribution is -2.36. The quantitative estimate of drug-likeness (QED) is 0.354. The normalized spacial score (nSPS) is 17.3. The monoisotopic (exact) mass is 506 g/mol. The van der Waals surface area contributed by atoms with Crippen molar-refractivity contribution < 1.29 is 9.13 Å². The molecule has 174 valence electrons. The molecule has 0 bridgehead atoms. The number of aromatic nitrogens is 3. The van der Waals surface area contributed by atoms with Gasteiger partial charge in [0.15, 0.2) is 10.9 Å². The fourth-order valence-electron chi connectivity index (χ4n) is 3.88. The molecule has 2 aromatic heterocycles. The van der Waals surface area contributed by atoms with Crippen molar-refractivity contribution in [3.05, 3.63) is 41.6 Å². The third kappa shape index (κ3) is 5.25. The first-order valence-corrected chi connectivity index (χ1v) is 12.9. The van der Waals surface area contributed by atoms with Crippen LogP contribution in [0.3, 0.4) is 0 Å². The molecule has 11 heteroatoms. The molecule has 1 aromatic carbocycles. The number of ether oxygens (including phenoxy) is 1. The van der Waals surface area contributed by atoms with Crippen molar-refractivity contribution in [2.75, 3.05) is 49.0 Å². The minimum atomic E-state index is -0.331. The van der Waals surface area contributed by atoms with Gasteiger partial charge in [0.1, 0.15) is 0 Å². The number of benzene rings is 1. The van der Waals surface area contributed by atoms with Crippen molar-refractivity contribution in [1.29, 1.82) is 0 Å². The summed E-state index contributed by atoms with van der Waals surface area (Å²) in [4.78, 5) is 16.1. The number of thiazole rings is 1. The molecule has 2 saturated heterocycles. The molecule has 5 rings (SSSR count). The second-order valence-electron chi connectivity index (χ2n) is 7.83. The number of hydrogen-bond donors (Lipinski definition) is 1. The van der Waals surface area contributed by atoms with Gasteiger partial charge in [-0.3, -0.25) is 0 Å². The van der Waals surface area contributed by atoms with E-state index in [4.69, 9.17) is 21.3 Å². The highest BCUT2D eigenvalue weighted by Gasteiger charge is 2.24. The molecule has 0 radical (unpaired) electrons. The Morgan fingerprint density at radius 3 is 2.67 bits per heavy atom. The number of morpholine rings is 1. The van der Waals surface area contributed by atoms with Crippen molar-refractivity contribution in [2.45, 2.75) is 19.3 Å². The molecule has 1 N–H and O–H groups in total. The summed E-state index contributed by atoms with van der Waals surface area (Å²) in [5.41, 5.74) is 2.05. The molecular formula is C22H24ClFN6OS2. The zero-order valence-corrected chi connectivity index (χ0v) is 20.4. The average Bonchev–Trinajstić information content (AvgIpc) is 3.30. The molecule has 7 nitrogen and oxygen atoms in total. The Morgan fingerprint density at radius 1 is 1.06 bits per heavy atom. The highest BCUT2D eigenvalue weighted by molar-refractivity contribution is 7.98. The molecule has 2 fully saturated rings. The molecule has 0 saturated carbocycles. The second-order valence-corrected chi connectivity index (χ2v) is 10.1. The SMILES string of the molecule is Fc1c(NSN2CCCCC2)cccc1-c1nc(N2CCOCC2)sc1-c1ccnc(Cl)n1. The summed E-state index contributed by atoms with van der Waals surface area (Å²) >= 11 is 9.01. The molecule has 3 aromatic rings. The van der Waals surface area contributed by atoms with E-state index in [1.54, 1.807) is 24.4 Å². The van der Waals surface area contributed by atoms with Crippen LogP contribution in [0.2, 0.25) is 5.28 Å². The van der Waals surface area contributed by atoms with Gasteiger partial charge in [-0.1, -0.05) is 23.8 Å². The maximum absolute atomic E-state index is 15.7. The van der Waals surface area contributed by atoms with Gasteiger partial charge in [-0.15, -0.1) is 0 Å². The van der Waals surface area contributed by atoms with Crippen LogP contribution in [0.1, 0.15) is 19.3 Å². The van der Waals surface area contributed by atoms with Gasteiger partial charge in [0.2, 0.25) is 5.28 Å². The van der Waals surface area contributed by atoms with E-state index < -0.39 is 0 Å². The van der Waals surface area contributed by atoms with E-state index in [9.17, 15) is 0 Å². The standard InChI is InChI=1S/C22H24ClFN6OS2/c23-21-25-8-7-17(26-21)20-19(27-22(32-20)29-11-13-31-14-12-29)15-5-4-6-16(18(15)24)28-33-30-9-2-1-3-10-30/h4-8,28H,1-3,9-14H2. The number of nitrogens with one attached hydrogen (secondary N) is 1. The fraction of sp³-hybridized carbons (Fsp3) is 0.409. The number of hydrogen-bond acceptors (Lipinski definition) is 9. The first-order valence-electron chi connectivity index (χ1n) is 11.0. The lowest BCUT2D eigenvalue weighted by atomic mass is 10.1. The number of nitrogens with zero attached hydrogens (tertiary/aromatic N) is 5. The van der Waals surface area contributed by atoms with E-state index >= 15 is 4.39 Å². The molecule has 0 unspecified atom stereocenters. The Kier molecular flexibility index (Phi) is 7.27. The van der Waals surface area contributed by atoms with Crippen LogP contribution >= 0.6 is 35.1 Å². The molecule has 2 aliphatic heterocycles. The van der Waals surface area contributed by atoms with Gasteiger partial charge < -0.3 is 14.4 Å². The van der Waals surface area contributed by atoms with Gasteiger partial charge in [-0.25, -0.2) is 23.6 Å². The predicted molar refractivity (Wildman–Crippen MR) is 133 cm³/mol.